The predicted octanol–water partition coefficient (Wildman–Crippen LogP) is 3.73. The fraction of sp³-hybridized carbons (Fsp3) is 0.370. The van der Waals surface area contributed by atoms with Gasteiger partial charge < -0.3 is 26.3 Å². The highest BCUT2D eigenvalue weighted by Crippen LogP contribution is 2.29. The van der Waals surface area contributed by atoms with Crippen molar-refractivity contribution in [2.75, 3.05) is 25.9 Å². The molecule has 0 saturated heterocycles. The number of aliphatic imine (C=N–C) groups is 2. The maximum Gasteiger partial charge on any atom is 0.134 e. The number of nitrogen functional groups attached to an aromatic ring is 1. The van der Waals surface area contributed by atoms with Crippen molar-refractivity contribution in [1.82, 2.24) is 25.5 Å². The summed E-state index contributed by atoms with van der Waals surface area (Å²) < 4.78 is 2.03. The molecule has 8 nitrogen and oxygen atoms in total. The first kappa shape index (κ1) is 24.2. The van der Waals surface area contributed by atoms with E-state index in [-0.39, 0.29) is 6.04 Å². The van der Waals surface area contributed by atoms with Gasteiger partial charge in [-0.25, -0.2) is 0 Å². The van der Waals surface area contributed by atoms with Gasteiger partial charge in [-0.1, -0.05) is 11.6 Å². The zero-order chi connectivity index (χ0) is 25.2. The molecule has 2 aliphatic rings. The third-order valence-corrected chi connectivity index (χ3v) is 6.88. The summed E-state index contributed by atoms with van der Waals surface area (Å²) in [6.07, 6.45) is 6.27. The molecule has 5 N–H and O–H groups in total. The van der Waals surface area contributed by atoms with Crippen molar-refractivity contribution in [2.24, 2.45) is 23.0 Å². The lowest BCUT2D eigenvalue weighted by molar-refractivity contribution is 0.725. The van der Waals surface area contributed by atoms with Crippen LogP contribution in [0.1, 0.15) is 31.0 Å². The number of benzene rings is 1. The van der Waals surface area contributed by atoms with Gasteiger partial charge in [0.2, 0.25) is 0 Å². The Bertz CT molecular complexity index is 1370. The van der Waals surface area contributed by atoms with Crippen molar-refractivity contribution in [3.05, 3.63) is 64.6 Å². The monoisotopic (exact) mass is 504 g/mol. The van der Waals surface area contributed by atoms with Crippen LogP contribution in [0, 0.1) is 5.92 Å². The van der Waals surface area contributed by atoms with E-state index in [4.69, 9.17) is 22.3 Å². The van der Waals surface area contributed by atoms with Gasteiger partial charge in [-0.15, -0.1) is 0 Å². The highest BCUT2D eigenvalue weighted by molar-refractivity contribution is 6.31. The van der Waals surface area contributed by atoms with Gasteiger partial charge in [-0.3, -0.25) is 15.0 Å². The van der Waals surface area contributed by atoms with Crippen LogP contribution >= 0.6 is 11.6 Å². The van der Waals surface area contributed by atoms with Gasteiger partial charge in [-0.2, -0.15) is 0 Å². The van der Waals surface area contributed by atoms with Gasteiger partial charge in [0.15, 0.2) is 0 Å². The standard InChI is InChI=1S/C27H33ClN8/c1-16-12-33-27(35-16)24(26(30-2)34-13-17-4-5-17)25(23-11-20(29)15-36(23)3)32-14-18-8-9-31-22-7-6-19(28)10-21(18)22/h6-11,15-17,32H,4-5,12-14,29H2,1-3H3,(H,30,34)(H,33,35)/b25-24+/t16-/m0/s1. The van der Waals surface area contributed by atoms with E-state index < -0.39 is 0 Å². The summed E-state index contributed by atoms with van der Waals surface area (Å²) in [5, 5.41) is 12.6. The number of amidine groups is 2. The number of halogens is 1. The molecule has 36 heavy (non-hydrogen) atoms. The summed E-state index contributed by atoms with van der Waals surface area (Å²) in [7, 11) is 3.82. The van der Waals surface area contributed by atoms with E-state index >= 15 is 0 Å². The first-order valence-corrected chi connectivity index (χ1v) is 12.8. The van der Waals surface area contributed by atoms with Gasteiger partial charge in [-0.05, 0) is 61.6 Å². The first-order chi connectivity index (χ1) is 17.4. The SMILES string of the molecule is C/N=C(NCC1CC1)\C(C1=NC[C@H](C)N1)=C(/NCc1ccnc2ccc(Cl)cc12)c1cc(N)cn1C. The molecule has 1 atom stereocenters. The smallest absolute Gasteiger partial charge is 0.134 e. The fourth-order valence-corrected chi connectivity index (χ4v) is 4.73. The lowest BCUT2D eigenvalue weighted by Gasteiger charge is -2.22. The van der Waals surface area contributed by atoms with Gasteiger partial charge in [0, 0.05) is 56.0 Å². The van der Waals surface area contributed by atoms with Crippen molar-refractivity contribution in [2.45, 2.75) is 32.4 Å². The molecule has 9 heteroatoms. The van der Waals surface area contributed by atoms with E-state index in [0.29, 0.717) is 29.7 Å². The number of aryl methyl sites for hydroxylation is 1. The molecular weight excluding hydrogens is 472 g/mol. The number of nitrogens with one attached hydrogen (secondary N) is 3. The average Bonchev–Trinajstić information content (AvgIpc) is 3.50. The third-order valence-electron chi connectivity index (χ3n) is 6.64. The van der Waals surface area contributed by atoms with Crippen LogP contribution in [-0.2, 0) is 13.6 Å². The molecule has 1 fully saturated rings. The maximum absolute atomic E-state index is 6.33. The van der Waals surface area contributed by atoms with Gasteiger partial charge in [0.25, 0.3) is 0 Å². The summed E-state index contributed by atoms with van der Waals surface area (Å²) >= 11 is 6.33. The highest BCUT2D eigenvalue weighted by atomic mass is 35.5. The summed E-state index contributed by atoms with van der Waals surface area (Å²) in [6, 6.07) is 10.0. The Morgan fingerprint density at radius 3 is 2.75 bits per heavy atom. The molecular formula is C27H33ClN8. The van der Waals surface area contributed by atoms with Crippen molar-refractivity contribution in [3.8, 4) is 0 Å². The number of pyridine rings is 1. The normalized spacial score (nSPS) is 18.6. The summed E-state index contributed by atoms with van der Waals surface area (Å²) in [5.41, 5.74) is 11.7. The largest absolute Gasteiger partial charge is 0.397 e. The zero-order valence-corrected chi connectivity index (χ0v) is 21.7. The maximum atomic E-state index is 6.33. The summed E-state index contributed by atoms with van der Waals surface area (Å²) in [5.74, 6) is 2.35. The number of fused-ring (bicyclic) bond motifs is 1. The van der Waals surface area contributed by atoms with Crippen LogP contribution in [0.15, 0.2) is 58.3 Å². The van der Waals surface area contributed by atoms with E-state index in [0.717, 1.165) is 51.6 Å². The quantitative estimate of drug-likeness (QED) is 0.276. The minimum absolute atomic E-state index is 0.252. The predicted molar refractivity (Wildman–Crippen MR) is 149 cm³/mol. The zero-order valence-electron chi connectivity index (χ0n) is 21.0. The molecule has 1 aromatic carbocycles. The molecule has 188 valence electrons. The second kappa shape index (κ2) is 10.2. The Morgan fingerprint density at radius 1 is 1.25 bits per heavy atom. The van der Waals surface area contributed by atoms with Crippen molar-refractivity contribution in [3.63, 3.8) is 0 Å². The Hall–Kier alpha value is -3.52. The molecule has 3 aromatic rings. The van der Waals surface area contributed by atoms with Crippen LogP contribution in [-0.4, -0.2) is 47.4 Å². The van der Waals surface area contributed by atoms with E-state index in [1.165, 1.54) is 12.8 Å². The minimum Gasteiger partial charge on any atom is -0.397 e. The molecule has 0 radical (unpaired) electrons. The minimum atomic E-state index is 0.252. The van der Waals surface area contributed by atoms with E-state index in [1.807, 2.05) is 61.4 Å². The molecule has 1 aliphatic carbocycles. The van der Waals surface area contributed by atoms with Crippen LogP contribution < -0.4 is 21.7 Å². The second-order valence-electron chi connectivity index (χ2n) is 9.64. The van der Waals surface area contributed by atoms with E-state index in [2.05, 4.69) is 32.9 Å². The average molecular weight is 505 g/mol. The number of rotatable bonds is 8. The Labute approximate surface area is 216 Å². The Kier molecular flexibility index (Phi) is 6.87. The number of nitrogens with zero attached hydrogens (tertiary/aromatic N) is 4. The van der Waals surface area contributed by atoms with Crippen LogP contribution in [0.2, 0.25) is 5.02 Å². The number of hydrogen-bond acceptors (Lipinski definition) is 6. The molecule has 0 amide bonds. The van der Waals surface area contributed by atoms with Crippen LogP contribution in [0.3, 0.4) is 0 Å². The molecule has 2 aromatic heterocycles. The lowest BCUT2D eigenvalue weighted by Crippen LogP contribution is -2.38. The fourth-order valence-electron chi connectivity index (χ4n) is 4.55. The number of aromatic nitrogens is 2. The highest BCUT2D eigenvalue weighted by Gasteiger charge is 2.28. The van der Waals surface area contributed by atoms with Crippen LogP contribution in [0.4, 0.5) is 5.69 Å². The Morgan fingerprint density at radius 2 is 2.08 bits per heavy atom. The first-order valence-electron chi connectivity index (χ1n) is 12.4. The van der Waals surface area contributed by atoms with Crippen molar-refractivity contribution >= 4 is 45.6 Å². The molecule has 0 spiro atoms. The summed E-state index contributed by atoms with van der Waals surface area (Å²) in [6.45, 7) is 4.31. The Balaban J connectivity index is 1.60. The van der Waals surface area contributed by atoms with E-state index in [1.54, 1.807) is 0 Å². The molecule has 3 heterocycles. The topological polar surface area (TPSA) is 105 Å². The van der Waals surface area contributed by atoms with Crippen molar-refractivity contribution in [1.29, 1.82) is 0 Å². The second-order valence-corrected chi connectivity index (χ2v) is 10.1. The number of anilines is 1. The molecule has 0 bridgehead atoms. The molecule has 0 unspecified atom stereocenters. The molecule has 1 aliphatic heterocycles. The van der Waals surface area contributed by atoms with E-state index in [9.17, 15) is 0 Å². The van der Waals surface area contributed by atoms with Crippen LogP contribution in [0.25, 0.3) is 16.6 Å². The van der Waals surface area contributed by atoms with Gasteiger partial charge in [0.1, 0.15) is 11.7 Å². The van der Waals surface area contributed by atoms with Crippen LogP contribution in [0.5, 0.6) is 0 Å². The third kappa shape index (κ3) is 5.18. The van der Waals surface area contributed by atoms with Gasteiger partial charge in [0.05, 0.1) is 34.7 Å². The lowest BCUT2D eigenvalue weighted by atomic mass is 10.1. The van der Waals surface area contributed by atoms with Gasteiger partial charge >= 0.3 is 0 Å². The molecule has 5 rings (SSSR count). The summed E-state index contributed by atoms with van der Waals surface area (Å²) in [4.78, 5) is 14.0. The van der Waals surface area contributed by atoms with Crippen molar-refractivity contribution < 1.29 is 0 Å². The number of hydrogen-bond donors (Lipinski definition) is 4. The molecule has 1 saturated carbocycles. The number of nitrogens with two attached hydrogens (primary N) is 1.